The van der Waals surface area contributed by atoms with Gasteiger partial charge in [-0.2, -0.15) is 0 Å². The van der Waals surface area contributed by atoms with E-state index in [0.29, 0.717) is 28.2 Å². The van der Waals surface area contributed by atoms with Gasteiger partial charge in [0, 0.05) is 8.95 Å². The molecular weight excluding hydrogens is 350 g/mol. The van der Waals surface area contributed by atoms with Crippen LogP contribution < -0.4 is 5.73 Å². The summed E-state index contributed by atoms with van der Waals surface area (Å²) in [6.45, 7) is 4.58. The molecule has 0 heterocycles. The number of hydrogen-bond acceptors (Lipinski definition) is 3. The molecule has 0 aliphatic carbocycles. The van der Waals surface area contributed by atoms with Crippen molar-refractivity contribution in [3.63, 3.8) is 0 Å². The lowest BCUT2D eigenvalue weighted by Crippen LogP contribution is -2.10. The Morgan fingerprint density at radius 1 is 1.41 bits per heavy atom. The Bertz CT molecular complexity index is 419. The summed E-state index contributed by atoms with van der Waals surface area (Å²) in [5, 5.41) is 0. The first kappa shape index (κ1) is 14.5. The van der Waals surface area contributed by atoms with Gasteiger partial charge in [0.25, 0.3) is 0 Å². The summed E-state index contributed by atoms with van der Waals surface area (Å²) in [6, 6.07) is 3.46. The first-order valence-corrected chi connectivity index (χ1v) is 6.92. The second-order valence-electron chi connectivity index (χ2n) is 4.17. The van der Waals surface area contributed by atoms with Crippen molar-refractivity contribution in [3.8, 4) is 0 Å². The molecule has 0 radical (unpaired) electrons. The zero-order chi connectivity index (χ0) is 13.0. The highest BCUT2D eigenvalue weighted by molar-refractivity contribution is 9.11. The summed E-state index contributed by atoms with van der Waals surface area (Å²) in [7, 11) is 0. The molecule has 0 unspecified atom stereocenters. The number of carbonyl (C=O) groups excluding carboxylic acids is 1. The van der Waals surface area contributed by atoms with E-state index in [9.17, 15) is 4.79 Å². The lowest BCUT2D eigenvalue weighted by molar-refractivity contribution is 0.0489. The summed E-state index contributed by atoms with van der Waals surface area (Å²) in [6.07, 6.45) is 0.848. The molecule has 17 heavy (non-hydrogen) atoms. The van der Waals surface area contributed by atoms with Gasteiger partial charge in [-0.1, -0.05) is 29.8 Å². The Kier molecular flexibility index (Phi) is 5.46. The summed E-state index contributed by atoms with van der Waals surface area (Å²) in [4.78, 5) is 11.8. The van der Waals surface area contributed by atoms with Crippen LogP contribution in [0.5, 0.6) is 0 Å². The Hall–Kier alpha value is -0.550. The molecule has 0 bridgehead atoms. The van der Waals surface area contributed by atoms with Crippen LogP contribution in [-0.4, -0.2) is 12.6 Å². The number of benzene rings is 1. The van der Waals surface area contributed by atoms with Crippen LogP contribution in [0.15, 0.2) is 21.1 Å². The van der Waals surface area contributed by atoms with Crippen molar-refractivity contribution >= 4 is 43.5 Å². The Morgan fingerprint density at radius 2 is 2.06 bits per heavy atom. The SMILES string of the molecule is CC(C)CCOC(=O)c1cc(Br)cc(Br)c1N. The maximum Gasteiger partial charge on any atom is 0.340 e. The van der Waals surface area contributed by atoms with Gasteiger partial charge >= 0.3 is 5.97 Å². The number of nitrogens with two attached hydrogens (primary N) is 1. The lowest BCUT2D eigenvalue weighted by atomic mass is 10.1. The van der Waals surface area contributed by atoms with Gasteiger partial charge in [-0.3, -0.25) is 0 Å². The number of hydrogen-bond donors (Lipinski definition) is 1. The van der Waals surface area contributed by atoms with Gasteiger partial charge in [-0.15, -0.1) is 0 Å². The zero-order valence-electron chi connectivity index (χ0n) is 9.80. The van der Waals surface area contributed by atoms with E-state index in [1.807, 2.05) is 0 Å². The van der Waals surface area contributed by atoms with Crippen LogP contribution >= 0.6 is 31.9 Å². The van der Waals surface area contributed by atoms with Gasteiger partial charge in [-0.25, -0.2) is 4.79 Å². The molecule has 0 atom stereocenters. The van der Waals surface area contributed by atoms with Crippen LogP contribution in [0.2, 0.25) is 0 Å². The third-order valence-electron chi connectivity index (χ3n) is 2.24. The molecule has 0 saturated heterocycles. The van der Waals surface area contributed by atoms with E-state index in [0.717, 1.165) is 10.9 Å². The highest BCUT2D eigenvalue weighted by Gasteiger charge is 2.14. The van der Waals surface area contributed by atoms with Gasteiger partial charge in [0.15, 0.2) is 0 Å². The average molecular weight is 365 g/mol. The molecule has 2 N–H and O–H groups in total. The molecule has 0 spiro atoms. The van der Waals surface area contributed by atoms with E-state index in [1.165, 1.54) is 0 Å². The molecule has 0 saturated carbocycles. The van der Waals surface area contributed by atoms with E-state index in [1.54, 1.807) is 12.1 Å². The minimum absolute atomic E-state index is 0.384. The van der Waals surface area contributed by atoms with Gasteiger partial charge in [-0.05, 0) is 40.4 Å². The average Bonchev–Trinajstić information content (AvgIpc) is 2.22. The number of ether oxygens (including phenoxy) is 1. The molecular formula is C12H15Br2NO2. The van der Waals surface area contributed by atoms with Crippen molar-refractivity contribution in [1.29, 1.82) is 0 Å². The number of halogens is 2. The van der Waals surface area contributed by atoms with Crippen molar-refractivity contribution in [2.24, 2.45) is 5.92 Å². The number of esters is 1. The van der Waals surface area contributed by atoms with Crippen LogP contribution in [0.25, 0.3) is 0 Å². The predicted molar refractivity (Wildman–Crippen MR) is 76.0 cm³/mol. The van der Waals surface area contributed by atoms with E-state index >= 15 is 0 Å². The predicted octanol–water partition coefficient (Wildman–Crippen LogP) is 4.00. The van der Waals surface area contributed by atoms with Crippen molar-refractivity contribution in [2.45, 2.75) is 20.3 Å². The Morgan fingerprint density at radius 3 is 2.65 bits per heavy atom. The topological polar surface area (TPSA) is 52.3 Å². The van der Waals surface area contributed by atoms with Gasteiger partial charge in [0.2, 0.25) is 0 Å². The molecule has 1 aromatic carbocycles. The Labute approximate surface area is 118 Å². The van der Waals surface area contributed by atoms with Gasteiger partial charge in [0.05, 0.1) is 17.9 Å². The first-order chi connectivity index (χ1) is 7.91. The normalized spacial score (nSPS) is 10.6. The van der Waals surface area contributed by atoms with Crippen molar-refractivity contribution < 1.29 is 9.53 Å². The van der Waals surface area contributed by atoms with E-state index in [-0.39, 0.29) is 5.97 Å². The molecule has 94 valence electrons. The molecule has 5 heteroatoms. The van der Waals surface area contributed by atoms with Crippen LogP contribution in [0, 0.1) is 5.92 Å². The summed E-state index contributed by atoms with van der Waals surface area (Å²) in [5.74, 6) is 0.125. The lowest BCUT2D eigenvalue weighted by Gasteiger charge is -2.10. The van der Waals surface area contributed by atoms with Crippen molar-refractivity contribution in [3.05, 3.63) is 26.6 Å². The number of nitrogen functional groups attached to an aromatic ring is 1. The second-order valence-corrected chi connectivity index (χ2v) is 5.94. The fourth-order valence-electron chi connectivity index (χ4n) is 1.22. The molecule has 1 aromatic rings. The molecule has 1 rings (SSSR count). The smallest absolute Gasteiger partial charge is 0.340 e. The third kappa shape index (κ3) is 4.32. The Balaban J connectivity index is 2.75. The van der Waals surface area contributed by atoms with Crippen LogP contribution in [0.1, 0.15) is 30.6 Å². The molecule has 0 aromatic heterocycles. The molecule has 0 amide bonds. The fourth-order valence-corrected chi connectivity index (χ4v) is 2.44. The monoisotopic (exact) mass is 363 g/mol. The third-order valence-corrected chi connectivity index (χ3v) is 3.36. The number of rotatable bonds is 4. The summed E-state index contributed by atoms with van der Waals surface area (Å²) < 4.78 is 6.64. The quantitative estimate of drug-likeness (QED) is 0.649. The number of anilines is 1. The van der Waals surface area contributed by atoms with Crippen molar-refractivity contribution in [2.75, 3.05) is 12.3 Å². The minimum atomic E-state index is -0.384. The standard InChI is InChI=1S/C12H15Br2NO2/c1-7(2)3-4-17-12(16)9-5-8(13)6-10(14)11(9)15/h5-7H,3-4,15H2,1-2H3. The van der Waals surface area contributed by atoms with Crippen molar-refractivity contribution in [1.82, 2.24) is 0 Å². The van der Waals surface area contributed by atoms with Crippen LogP contribution in [-0.2, 0) is 4.74 Å². The maximum absolute atomic E-state index is 11.8. The van der Waals surface area contributed by atoms with Gasteiger partial charge in [0.1, 0.15) is 0 Å². The molecule has 0 aliphatic heterocycles. The highest BCUT2D eigenvalue weighted by Crippen LogP contribution is 2.28. The number of carbonyl (C=O) groups is 1. The van der Waals surface area contributed by atoms with E-state index in [4.69, 9.17) is 10.5 Å². The van der Waals surface area contributed by atoms with Gasteiger partial charge < -0.3 is 10.5 Å². The zero-order valence-corrected chi connectivity index (χ0v) is 13.0. The molecule has 3 nitrogen and oxygen atoms in total. The fraction of sp³-hybridized carbons (Fsp3) is 0.417. The summed E-state index contributed by atoms with van der Waals surface area (Å²) in [5.41, 5.74) is 6.60. The van der Waals surface area contributed by atoms with E-state index < -0.39 is 0 Å². The molecule has 0 fully saturated rings. The first-order valence-electron chi connectivity index (χ1n) is 5.33. The summed E-state index contributed by atoms with van der Waals surface area (Å²) >= 11 is 6.61. The van der Waals surface area contributed by atoms with E-state index in [2.05, 4.69) is 45.7 Å². The second kappa shape index (κ2) is 6.40. The molecule has 0 aliphatic rings. The van der Waals surface area contributed by atoms with Crippen LogP contribution in [0.3, 0.4) is 0 Å². The van der Waals surface area contributed by atoms with Crippen LogP contribution in [0.4, 0.5) is 5.69 Å². The maximum atomic E-state index is 11.8. The minimum Gasteiger partial charge on any atom is -0.462 e. The largest absolute Gasteiger partial charge is 0.462 e. The highest BCUT2D eigenvalue weighted by atomic mass is 79.9.